The van der Waals surface area contributed by atoms with E-state index >= 15 is 0 Å². The molecule has 5 rings (SSSR count). The molecule has 1 atom stereocenters. The first-order chi connectivity index (χ1) is 15.5. The summed E-state index contributed by atoms with van der Waals surface area (Å²) in [6.45, 7) is 3.40. The van der Waals surface area contributed by atoms with Gasteiger partial charge in [0.1, 0.15) is 5.75 Å². The molecule has 1 N–H and O–H groups in total. The fraction of sp³-hybridized carbons (Fsp3) is 0.231. The van der Waals surface area contributed by atoms with E-state index in [0.29, 0.717) is 11.4 Å². The Morgan fingerprint density at radius 1 is 0.969 bits per heavy atom. The van der Waals surface area contributed by atoms with Crippen molar-refractivity contribution in [2.75, 3.05) is 13.7 Å². The maximum absolute atomic E-state index is 14.0. The van der Waals surface area contributed by atoms with Gasteiger partial charge in [-0.1, -0.05) is 48.0 Å². The van der Waals surface area contributed by atoms with Gasteiger partial charge in [0.05, 0.1) is 17.5 Å². The first-order valence-corrected chi connectivity index (χ1v) is 12.2. The average Bonchev–Trinajstić information content (AvgIpc) is 2.99. The second kappa shape index (κ2) is 8.11. The lowest BCUT2D eigenvalue weighted by Crippen LogP contribution is -2.19. The number of nitrogens with one attached hydrogen (secondary N) is 1. The molecule has 1 unspecified atom stereocenters. The highest BCUT2D eigenvalue weighted by atomic mass is 32.2. The molecule has 6 heteroatoms. The normalized spacial score (nSPS) is 16.5. The van der Waals surface area contributed by atoms with Crippen LogP contribution in [0.2, 0.25) is 0 Å². The summed E-state index contributed by atoms with van der Waals surface area (Å²) < 4.78 is 34.9. The predicted octanol–water partition coefficient (Wildman–Crippen LogP) is 4.82. The molecule has 1 aliphatic heterocycles. The summed E-state index contributed by atoms with van der Waals surface area (Å²) in [6.07, 6.45) is 0.805. The average molecular weight is 447 g/mol. The van der Waals surface area contributed by atoms with Crippen molar-refractivity contribution in [3.63, 3.8) is 0 Å². The molecule has 5 nitrogen and oxygen atoms in total. The van der Waals surface area contributed by atoms with Crippen LogP contribution in [0.1, 0.15) is 34.7 Å². The molecule has 32 heavy (non-hydrogen) atoms. The second-order valence-corrected chi connectivity index (χ2v) is 10.0. The quantitative estimate of drug-likeness (QED) is 0.488. The monoisotopic (exact) mass is 446 g/mol. The van der Waals surface area contributed by atoms with Crippen molar-refractivity contribution in [3.8, 4) is 5.75 Å². The lowest BCUT2D eigenvalue weighted by Gasteiger charge is -2.21. The minimum absolute atomic E-state index is 0.0569. The largest absolute Gasteiger partial charge is 0.497 e. The van der Waals surface area contributed by atoms with Crippen LogP contribution >= 0.6 is 0 Å². The Morgan fingerprint density at radius 3 is 2.41 bits per heavy atom. The zero-order valence-corrected chi connectivity index (χ0v) is 19.0. The summed E-state index contributed by atoms with van der Waals surface area (Å²) in [7, 11) is -2.14. The van der Waals surface area contributed by atoms with E-state index in [4.69, 9.17) is 4.74 Å². The number of fused-ring (bicyclic) bond motifs is 3. The van der Waals surface area contributed by atoms with Crippen LogP contribution in [-0.2, 0) is 16.6 Å². The van der Waals surface area contributed by atoms with E-state index in [1.165, 1.54) is 0 Å². The molecule has 0 saturated carbocycles. The third-order valence-electron chi connectivity index (χ3n) is 6.29. The molecule has 0 radical (unpaired) electrons. The molecule has 0 spiro atoms. The second-order valence-electron chi connectivity index (χ2n) is 8.25. The standard InChI is InChI=1S/C26H26N2O3S/c1-18-7-13-21(14-8-18)32(29,30)28-25-6-4-3-5-23(25)24-17-27-16-15-22(26(24)28)19-9-11-20(31-2)12-10-19/h3-14,22,27H,15-17H2,1-2H3. The van der Waals surface area contributed by atoms with Gasteiger partial charge in [0.15, 0.2) is 0 Å². The van der Waals surface area contributed by atoms with Crippen LogP contribution < -0.4 is 10.1 Å². The van der Waals surface area contributed by atoms with Crippen LogP contribution in [0.4, 0.5) is 0 Å². The molecular formula is C26H26N2O3S. The minimum atomic E-state index is -3.79. The van der Waals surface area contributed by atoms with Crippen molar-refractivity contribution in [3.05, 3.63) is 95.2 Å². The number of rotatable bonds is 4. The Morgan fingerprint density at radius 2 is 1.69 bits per heavy atom. The van der Waals surface area contributed by atoms with E-state index in [1.807, 2.05) is 67.6 Å². The summed E-state index contributed by atoms with van der Waals surface area (Å²) in [6, 6.07) is 22.8. The summed E-state index contributed by atoms with van der Waals surface area (Å²) >= 11 is 0. The molecule has 4 aromatic rings. The molecule has 0 fully saturated rings. The van der Waals surface area contributed by atoms with Gasteiger partial charge >= 0.3 is 0 Å². The number of methoxy groups -OCH3 is 1. The lowest BCUT2D eigenvalue weighted by molar-refractivity contribution is 0.414. The van der Waals surface area contributed by atoms with Gasteiger partial charge in [-0.3, -0.25) is 0 Å². The highest BCUT2D eigenvalue weighted by molar-refractivity contribution is 7.90. The van der Waals surface area contributed by atoms with Gasteiger partial charge in [-0.25, -0.2) is 12.4 Å². The maximum Gasteiger partial charge on any atom is 0.268 e. The molecule has 0 amide bonds. The van der Waals surface area contributed by atoms with Gasteiger partial charge < -0.3 is 10.1 Å². The summed E-state index contributed by atoms with van der Waals surface area (Å²) in [5, 5.41) is 4.47. The highest BCUT2D eigenvalue weighted by Gasteiger charge is 2.32. The number of para-hydroxylation sites is 1. The molecule has 2 heterocycles. The van der Waals surface area contributed by atoms with Gasteiger partial charge in [-0.05, 0) is 61.3 Å². The summed E-state index contributed by atoms with van der Waals surface area (Å²) in [5.74, 6) is 0.729. The Kier molecular flexibility index (Phi) is 5.27. The van der Waals surface area contributed by atoms with Crippen LogP contribution in [0.15, 0.2) is 77.7 Å². The number of hydrogen-bond donors (Lipinski definition) is 1. The van der Waals surface area contributed by atoms with Crippen LogP contribution in [0.5, 0.6) is 5.75 Å². The molecule has 3 aromatic carbocycles. The Labute approximate surface area is 188 Å². The topological polar surface area (TPSA) is 60.3 Å². The van der Waals surface area contributed by atoms with E-state index in [-0.39, 0.29) is 5.92 Å². The lowest BCUT2D eigenvalue weighted by atomic mass is 9.91. The molecule has 164 valence electrons. The Balaban J connectivity index is 1.80. The predicted molar refractivity (Wildman–Crippen MR) is 127 cm³/mol. The van der Waals surface area contributed by atoms with Crippen molar-refractivity contribution in [1.29, 1.82) is 0 Å². The molecule has 0 saturated heterocycles. The Hall–Kier alpha value is -3.09. The van der Waals surface area contributed by atoms with E-state index in [2.05, 4.69) is 5.32 Å². The molecule has 1 aliphatic rings. The van der Waals surface area contributed by atoms with E-state index in [9.17, 15) is 8.42 Å². The number of ether oxygens (including phenoxy) is 1. The van der Waals surface area contributed by atoms with Gasteiger partial charge in [0.25, 0.3) is 10.0 Å². The minimum Gasteiger partial charge on any atom is -0.497 e. The fourth-order valence-electron chi connectivity index (χ4n) is 4.67. The Bertz CT molecular complexity index is 1370. The zero-order valence-electron chi connectivity index (χ0n) is 18.2. The van der Waals surface area contributed by atoms with E-state index < -0.39 is 10.0 Å². The number of nitrogens with zero attached hydrogens (tertiary/aromatic N) is 1. The number of hydrogen-bond acceptors (Lipinski definition) is 4. The first-order valence-electron chi connectivity index (χ1n) is 10.8. The zero-order chi connectivity index (χ0) is 22.3. The van der Waals surface area contributed by atoms with E-state index in [0.717, 1.165) is 52.0 Å². The van der Waals surface area contributed by atoms with Crippen molar-refractivity contribution < 1.29 is 13.2 Å². The van der Waals surface area contributed by atoms with Crippen LogP contribution in [0.3, 0.4) is 0 Å². The maximum atomic E-state index is 14.0. The molecular weight excluding hydrogens is 420 g/mol. The first kappa shape index (κ1) is 20.8. The third-order valence-corrected chi connectivity index (χ3v) is 8.04. The molecule has 1 aromatic heterocycles. The van der Waals surface area contributed by atoms with E-state index in [1.54, 1.807) is 23.2 Å². The number of aromatic nitrogens is 1. The van der Waals surface area contributed by atoms with Crippen molar-refractivity contribution in [1.82, 2.24) is 9.29 Å². The van der Waals surface area contributed by atoms with Crippen LogP contribution in [-0.4, -0.2) is 26.0 Å². The highest BCUT2D eigenvalue weighted by Crippen LogP contribution is 2.40. The molecule has 0 aliphatic carbocycles. The van der Waals surface area contributed by atoms with Crippen molar-refractivity contribution >= 4 is 20.9 Å². The van der Waals surface area contributed by atoms with Crippen LogP contribution in [0.25, 0.3) is 10.9 Å². The van der Waals surface area contributed by atoms with Gasteiger partial charge in [-0.2, -0.15) is 0 Å². The van der Waals surface area contributed by atoms with Crippen LogP contribution in [0, 0.1) is 6.92 Å². The fourth-order valence-corrected chi connectivity index (χ4v) is 6.27. The molecule has 0 bridgehead atoms. The van der Waals surface area contributed by atoms with Crippen molar-refractivity contribution in [2.45, 2.75) is 30.7 Å². The third kappa shape index (κ3) is 3.40. The summed E-state index contributed by atoms with van der Waals surface area (Å²) in [5.41, 5.74) is 4.73. The van der Waals surface area contributed by atoms with Gasteiger partial charge in [0, 0.05) is 23.5 Å². The van der Waals surface area contributed by atoms with Gasteiger partial charge in [0.2, 0.25) is 0 Å². The number of benzene rings is 3. The number of aryl methyl sites for hydroxylation is 1. The van der Waals surface area contributed by atoms with Crippen molar-refractivity contribution in [2.24, 2.45) is 0 Å². The SMILES string of the molecule is COc1ccc(C2CCNCc3c2n(S(=O)(=O)c2ccc(C)cc2)c2ccccc32)cc1. The smallest absolute Gasteiger partial charge is 0.268 e. The summed E-state index contributed by atoms with van der Waals surface area (Å²) in [4.78, 5) is 0.303. The van der Waals surface area contributed by atoms with Gasteiger partial charge in [-0.15, -0.1) is 0 Å².